The van der Waals surface area contributed by atoms with Crippen molar-refractivity contribution in [2.45, 2.75) is 31.8 Å². The number of likely N-dealkylation sites (tertiary alicyclic amines) is 1. The fourth-order valence-corrected chi connectivity index (χ4v) is 4.86. The van der Waals surface area contributed by atoms with Gasteiger partial charge in [-0.1, -0.05) is 13.0 Å². The SMILES string of the molecule is CCC(C)(CN1CC(c2ccc(-c3ccc(-c4cc(OC)c5nn(C)cc5c4)cc3O)nn2)C1)OC. The van der Waals surface area contributed by atoms with Crippen LogP contribution >= 0.6 is 0 Å². The molecule has 0 amide bonds. The van der Waals surface area contributed by atoms with E-state index in [2.05, 4.69) is 34.0 Å². The fraction of sp³-hybridized carbons (Fsp3) is 0.393. The summed E-state index contributed by atoms with van der Waals surface area (Å²) in [4.78, 5) is 2.40. The minimum Gasteiger partial charge on any atom is -0.507 e. The quantitative estimate of drug-likeness (QED) is 0.388. The summed E-state index contributed by atoms with van der Waals surface area (Å²) in [6.07, 6.45) is 2.93. The smallest absolute Gasteiger partial charge is 0.147 e. The van der Waals surface area contributed by atoms with Crippen LogP contribution in [0.1, 0.15) is 31.9 Å². The topological polar surface area (TPSA) is 85.5 Å². The Morgan fingerprint density at radius 3 is 2.50 bits per heavy atom. The molecule has 0 aliphatic carbocycles. The van der Waals surface area contributed by atoms with Crippen LogP contribution in [0.5, 0.6) is 11.5 Å². The normalized spacial score (nSPS) is 16.1. The summed E-state index contributed by atoms with van der Waals surface area (Å²) in [6.45, 7) is 7.14. The first-order chi connectivity index (χ1) is 17.3. The molecule has 1 aliphatic heterocycles. The second-order valence-corrected chi connectivity index (χ2v) is 9.89. The van der Waals surface area contributed by atoms with E-state index >= 15 is 0 Å². The number of phenolic OH excluding ortho intramolecular Hbond substituents is 1. The predicted molar refractivity (Wildman–Crippen MR) is 140 cm³/mol. The van der Waals surface area contributed by atoms with E-state index in [0.29, 0.717) is 22.9 Å². The van der Waals surface area contributed by atoms with Crippen molar-refractivity contribution in [2.24, 2.45) is 7.05 Å². The average Bonchev–Trinajstić information content (AvgIpc) is 3.25. The monoisotopic (exact) mass is 487 g/mol. The maximum absolute atomic E-state index is 10.8. The Kier molecular flexibility index (Phi) is 6.40. The van der Waals surface area contributed by atoms with E-state index in [0.717, 1.165) is 53.8 Å². The molecular formula is C28H33N5O3. The van der Waals surface area contributed by atoms with Gasteiger partial charge in [-0.15, -0.1) is 0 Å². The zero-order chi connectivity index (χ0) is 25.4. The highest BCUT2D eigenvalue weighted by molar-refractivity contribution is 5.90. The predicted octanol–water partition coefficient (Wildman–Crippen LogP) is 4.63. The molecule has 0 saturated carbocycles. The number of hydrogen-bond donors (Lipinski definition) is 1. The lowest BCUT2D eigenvalue weighted by Crippen LogP contribution is -2.52. The second-order valence-electron chi connectivity index (χ2n) is 9.89. The first kappa shape index (κ1) is 24.2. The minimum absolute atomic E-state index is 0.112. The van der Waals surface area contributed by atoms with E-state index in [1.54, 1.807) is 25.0 Å². The molecule has 1 N–H and O–H groups in total. The molecule has 0 bridgehead atoms. The molecule has 4 aromatic rings. The van der Waals surface area contributed by atoms with Crippen LogP contribution in [0, 0.1) is 0 Å². The molecule has 2 aromatic carbocycles. The summed E-state index contributed by atoms with van der Waals surface area (Å²) in [5.41, 5.74) is 4.82. The number of nitrogens with zero attached hydrogens (tertiary/aromatic N) is 5. The molecule has 1 atom stereocenters. The zero-order valence-corrected chi connectivity index (χ0v) is 21.5. The lowest BCUT2D eigenvalue weighted by Gasteiger charge is -2.43. The number of phenols is 1. The van der Waals surface area contributed by atoms with Crippen LogP contribution in [0.4, 0.5) is 0 Å². The largest absolute Gasteiger partial charge is 0.507 e. The Morgan fingerprint density at radius 2 is 1.86 bits per heavy atom. The Balaban J connectivity index is 1.31. The molecule has 36 heavy (non-hydrogen) atoms. The Morgan fingerprint density at radius 1 is 1.06 bits per heavy atom. The third-order valence-corrected chi connectivity index (χ3v) is 7.37. The van der Waals surface area contributed by atoms with Crippen molar-refractivity contribution in [3.05, 3.63) is 54.4 Å². The highest BCUT2D eigenvalue weighted by atomic mass is 16.5. The van der Waals surface area contributed by atoms with Gasteiger partial charge in [-0.3, -0.25) is 9.58 Å². The standard InChI is InChI=1S/C28H33N5O3/c1-6-28(2,36-5)17-33-15-21(16-33)23-9-10-24(30-29-23)22-8-7-18(12-25(22)34)19-11-20-14-32(3)31-27(20)26(13-19)35-4/h7-14,21,34H,6,15-17H2,1-5H3. The van der Waals surface area contributed by atoms with Gasteiger partial charge in [0.15, 0.2) is 0 Å². The van der Waals surface area contributed by atoms with Crippen LogP contribution in [0.25, 0.3) is 33.3 Å². The highest BCUT2D eigenvalue weighted by Gasteiger charge is 2.34. The number of hydrogen-bond acceptors (Lipinski definition) is 7. The number of fused-ring (bicyclic) bond motifs is 1. The first-order valence-electron chi connectivity index (χ1n) is 12.3. The zero-order valence-electron chi connectivity index (χ0n) is 21.5. The van der Waals surface area contributed by atoms with E-state index in [1.807, 2.05) is 49.6 Å². The molecule has 2 aromatic heterocycles. The molecule has 8 heteroatoms. The summed E-state index contributed by atoms with van der Waals surface area (Å²) < 4.78 is 13.0. The van der Waals surface area contributed by atoms with Crippen molar-refractivity contribution in [3.63, 3.8) is 0 Å². The Labute approximate surface area is 211 Å². The summed E-state index contributed by atoms with van der Waals surface area (Å²) in [7, 11) is 5.30. The van der Waals surface area contributed by atoms with Crippen LogP contribution in [0.15, 0.2) is 48.7 Å². The van der Waals surface area contributed by atoms with Crippen molar-refractivity contribution < 1.29 is 14.6 Å². The molecule has 1 aliphatic rings. The minimum atomic E-state index is -0.112. The van der Waals surface area contributed by atoms with E-state index in [9.17, 15) is 5.11 Å². The molecule has 0 spiro atoms. The first-order valence-corrected chi connectivity index (χ1v) is 12.3. The van der Waals surface area contributed by atoms with Gasteiger partial charge in [0, 0.05) is 56.9 Å². The van der Waals surface area contributed by atoms with Gasteiger partial charge in [0.05, 0.1) is 24.1 Å². The van der Waals surface area contributed by atoms with Crippen molar-refractivity contribution in [1.29, 1.82) is 0 Å². The van der Waals surface area contributed by atoms with Gasteiger partial charge < -0.3 is 14.6 Å². The molecule has 1 fully saturated rings. The van der Waals surface area contributed by atoms with Gasteiger partial charge in [0.25, 0.3) is 0 Å². The van der Waals surface area contributed by atoms with E-state index < -0.39 is 0 Å². The molecule has 5 rings (SSSR count). The van der Waals surface area contributed by atoms with Gasteiger partial charge in [-0.25, -0.2) is 0 Å². The average molecular weight is 488 g/mol. The lowest BCUT2D eigenvalue weighted by molar-refractivity contribution is -0.0424. The van der Waals surface area contributed by atoms with Gasteiger partial charge in [0.1, 0.15) is 17.0 Å². The van der Waals surface area contributed by atoms with Gasteiger partial charge in [-0.2, -0.15) is 15.3 Å². The molecule has 0 radical (unpaired) electrons. The van der Waals surface area contributed by atoms with E-state index in [1.165, 1.54) is 0 Å². The number of aromatic hydroxyl groups is 1. The van der Waals surface area contributed by atoms with Crippen LogP contribution in [0.2, 0.25) is 0 Å². The summed E-state index contributed by atoms with van der Waals surface area (Å²) in [5, 5.41) is 25.2. The molecule has 1 saturated heterocycles. The third kappa shape index (κ3) is 4.54. The molecule has 8 nitrogen and oxygen atoms in total. The second kappa shape index (κ2) is 9.52. The lowest BCUT2D eigenvalue weighted by atomic mass is 9.92. The number of aromatic nitrogens is 4. The number of rotatable bonds is 8. The number of aryl methyl sites for hydroxylation is 1. The summed E-state index contributed by atoms with van der Waals surface area (Å²) >= 11 is 0. The van der Waals surface area contributed by atoms with Crippen molar-refractivity contribution in [3.8, 4) is 33.9 Å². The van der Waals surface area contributed by atoms with E-state index in [-0.39, 0.29) is 11.4 Å². The molecular weight excluding hydrogens is 454 g/mol. The van der Waals surface area contributed by atoms with Gasteiger partial charge >= 0.3 is 0 Å². The van der Waals surface area contributed by atoms with Gasteiger partial charge in [0.2, 0.25) is 0 Å². The maximum atomic E-state index is 10.8. The molecule has 3 heterocycles. The van der Waals surface area contributed by atoms with Crippen molar-refractivity contribution in [2.75, 3.05) is 33.9 Å². The van der Waals surface area contributed by atoms with Crippen molar-refractivity contribution >= 4 is 10.9 Å². The Hall–Kier alpha value is -3.49. The third-order valence-electron chi connectivity index (χ3n) is 7.37. The van der Waals surface area contributed by atoms with Crippen molar-refractivity contribution in [1.82, 2.24) is 24.9 Å². The van der Waals surface area contributed by atoms with Crippen LogP contribution < -0.4 is 4.74 Å². The fourth-order valence-electron chi connectivity index (χ4n) is 4.86. The summed E-state index contributed by atoms with van der Waals surface area (Å²) in [5.74, 6) is 1.23. The van der Waals surface area contributed by atoms with Crippen LogP contribution in [0.3, 0.4) is 0 Å². The molecule has 188 valence electrons. The highest BCUT2D eigenvalue weighted by Crippen LogP contribution is 2.36. The molecule has 1 unspecified atom stereocenters. The van der Waals surface area contributed by atoms with E-state index in [4.69, 9.17) is 9.47 Å². The Bertz CT molecular complexity index is 1370. The van der Waals surface area contributed by atoms with Crippen LogP contribution in [-0.2, 0) is 11.8 Å². The van der Waals surface area contributed by atoms with Gasteiger partial charge in [-0.05, 0) is 60.9 Å². The number of methoxy groups -OCH3 is 2. The van der Waals surface area contributed by atoms with Crippen LogP contribution in [-0.4, -0.2) is 69.4 Å². The maximum Gasteiger partial charge on any atom is 0.147 e. The number of ether oxygens (including phenoxy) is 2. The number of benzene rings is 2. The summed E-state index contributed by atoms with van der Waals surface area (Å²) in [6, 6.07) is 13.6.